The van der Waals surface area contributed by atoms with E-state index in [1.165, 1.54) is 86.2 Å². The van der Waals surface area contributed by atoms with E-state index in [1.807, 2.05) is 0 Å². The van der Waals surface area contributed by atoms with E-state index in [0.29, 0.717) is 30.0 Å². The molecule has 42 heavy (non-hydrogen) atoms. The largest absolute Gasteiger partial charge is 0.343 e. The monoisotopic (exact) mass is 587 g/mol. The first-order valence-electron chi connectivity index (χ1n) is 17.3. The number of fused-ring (bicyclic) bond motifs is 1. The molecular weight excluding hydrogens is 526 g/mol. The van der Waals surface area contributed by atoms with Crippen LogP contribution in [0.1, 0.15) is 149 Å². The van der Waals surface area contributed by atoms with Gasteiger partial charge in [0, 0.05) is 40.2 Å². The summed E-state index contributed by atoms with van der Waals surface area (Å²) in [5.74, 6) is 0.364. The molecule has 8 nitrogen and oxygen atoms in total. The summed E-state index contributed by atoms with van der Waals surface area (Å²) in [6.07, 6.45) is 26.0. The summed E-state index contributed by atoms with van der Waals surface area (Å²) in [5.41, 5.74) is 0.371. The third-order valence-corrected chi connectivity index (χ3v) is 8.64. The van der Waals surface area contributed by atoms with Crippen molar-refractivity contribution < 1.29 is 4.79 Å². The molecule has 0 aliphatic carbocycles. The predicted octanol–water partition coefficient (Wildman–Crippen LogP) is 7.49. The van der Waals surface area contributed by atoms with Gasteiger partial charge in [0.1, 0.15) is 0 Å². The maximum Gasteiger partial charge on any atom is 0.332 e. The Hall–Kier alpha value is -2.38. The Morgan fingerprint density at radius 2 is 1.17 bits per heavy atom. The third kappa shape index (κ3) is 12.5. The molecule has 0 saturated carbocycles. The van der Waals surface area contributed by atoms with Gasteiger partial charge in [-0.2, -0.15) is 0 Å². The van der Waals surface area contributed by atoms with E-state index in [1.54, 1.807) is 25.0 Å². The van der Waals surface area contributed by atoms with Gasteiger partial charge in [-0.05, 0) is 25.7 Å². The fraction of sp³-hybridized carbons (Fsp3) is 0.824. The Morgan fingerprint density at radius 1 is 0.690 bits per heavy atom. The van der Waals surface area contributed by atoms with Gasteiger partial charge in [-0.3, -0.25) is 18.7 Å². The van der Waals surface area contributed by atoms with Gasteiger partial charge in [0.05, 0.1) is 6.33 Å². The number of nitrogens with zero attached hydrogens (tertiary/aromatic N) is 5. The van der Waals surface area contributed by atoms with E-state index in [2.05, 4.69) is 23.7 Å². The molecule has 1 amide bonds. The van der Waals surface area contributed by atoms with Crippen LogP contribution in [0.15, 0.2) is 15.9 Å². The SMILES string of the molecule is CCCCCCCCN(CCCCCCCC)C(=O)CCCCCCCCCCn1c(=O)c2c(ncn2C)n(C)c1=O. The number of hydrogen-bond acceptors (Lipinski definition) is 4. The Kier molecular flexibility index (Phi) is 18.2. The van der Waals surface area contributed by atoms with Crippen LogP contribution in [-0.2, 0) is 25.4 Å². The zero-order chi connectivity index (χ0) is 30.6. The van der Waals surface area contributed by atoms with Crippen LogP contribution < -0.4 is 11.2 Å². The smallest absolute Gasteiger partial charge is 0.332 e. The van der Waals surface area contributed by atoms with Crippen LogP contribution in [0, 0.1) is 0 Å². The molecule has 2 rings (SSSR count). The van der Waals surface area contributed by atoms with Gasteiger partial charge in [0.25, 0.3) is 5.56 Å². The van der Waals surface area contributed by atoms with Gasteiger partial charge in [-0.15, -0.1) is 0 Å². The second-order valence-electron chi connectivity index (χ2n) is 12.3. The lowest BCUT2D eigenvalue weighted by Crippen LogP contribution is -2.39. The normalized spacial score (nSPS) is 11.5. The summed E-state index contributed by atoms with van der Waals surface area (Å²) in [6, 6.07) is 0. The molecule has 0 radical (unpaired) electrons. The second-order valence-corrected chi connectivity index (χ2v) is 12.3. The van der Waals surface area contributed by atoms with E-state index in [9.17, 15) is 14.4 Å². The van der Waals surface area contributed by atoms with Crippen LogP contribution in [0.4, 0.5) is 0 Å². The fourth-order valence-corrected chi connectivity index (χ4v) is 5.89. The first-order chi connectivity index (χ1) is 20.4. The van der Waals surface area contributed by atoms with Crippen molar-refractivity contribution in [3.63, 3.8) is 0 Å². The number of carbonyl (C=O) groups is 1. The molecule has 0 unspecified atom stereocenters. The number of carbonyl (C=O) groups excluding carboxylic acids is 1. The minimum Gasteiger partial charge on any atom is -0.343 e. The number of unbranched alkanes of at least 4 members (excludes halogenated alkanes) is 17. The molecule has 0 N–H and O–H groups in total. The number of aromatic nitrogens is 4. The van der Waals surface area contributed by atoms with Crippen LogP contribution in [0.25, 0.3) is 11.2 Å². The maximum atomic E-state index is 13.0. The maximum absolute atomic E-state index is 13.0. The van der Waals surface area contributed by atoms with Crippen molar-refractivity contribution in [3.05, 3.63) is 27.2 Å². The van der Waals surface area contributed by atoms with Gasteiger partial charge < -0.3 is 9.47 Å². The molecule has 240 valence electrons. The van der Waals surface area contributed by atoms with Gasteiger partial charge in [-0.25, -0.2) is 9.78 Å². The summed E-state index contributed by atoms with van der Waals surface area (Å²) < 4.78 is 4.50. The lowest BCUT2D eigenvalue weighted by molar-refractivity contribution is -0.131. The molecule has 0 saturated heterocycles. The molecule has 0 aliphatic heterocycles. The highest BCUT2D eigenvalue weighted by molar-refractivity contribution is 5.76. The van der Waals surface area contributed by atoms with Crippen LogP contribution in [-0.4, -0.2) is 42.6 Å². The van der Waals surface area contributed by atoms with Crippen molar-refractivity contribution in [3.8, 4) is 0 Å². The van der Waals surface area contributed by atoms with E-state index < -0.39 is 0 Å². The van der Waals surface area contributed by atoms with Crippen LogP contribution in [0.2, 0.25) is 0 Å². The van der Waals surface area contributed by atoms with Crippen molar-refractivity contribution in [1.29, 1.82) is 0 Å². The molecule has 0 aromatic carbocycles. The van der Waals surface area contributed by atoms with Crippen molar-refractivity contribution in [2.45, 2.75) is 155 Å². The van der Waals surface area contributed by atoms with Crippen molar-refractivity contribution >= 4 is 17.1 Å². The fourth-order valence-electron chi connectivity index (χ4n) is 5.89. The standard InChI is InChI=1S/C34H61N5O3/c1-5-7-9-11-18-22-26-38(27-23-19-12-10-8-6-2)30(40)25-21-17-15-13-14-16-20-24-28-39-33(41)31-32(35-29-36(31)3)37(4)34(39)42/h29H,5-28H2,1-4H3. The zero-order valence-electron chi connectivity index (χ0n) is 27.5. The summed E-state index contributed by atoms with van der Waals surface area (Å²) in [6.45, 7) is 6.83. The van der Waals surface area contributed by atoms with E-state index in [0.717, 1.165) is 64.5 Å². The molecule has 2 aromatic heterocycles. The minimum absolute atomic E-state index is 0.250. The average molecular weight is 588 g/mol. The number of imidazole rings is 1. The number of hydrogen-bond donors (Lipinski definition) is 0. The highest BCUT2D eigenvalue weighted by atomic mass is 16.2. The number of aryl methyl sites for hydroxylation is 2. The molecule has 0 atom stereocenters. The van der Waals surface area contributed by atoms with Gasteiger partial charge in [0.2, 0.25) is 5.91 Å². The molecule has 2 aromatic rings. The molecule has 0 bridgehead atoms. The van der Waals surface area contributed by atoms with Crippen molar-refractivity contribution in [2.24, 2.45) is 14.1 Å². The third-order valence-electron chi connectivity index (χ3n) is 8.64. The summed E-state index contributed by atoms with van der Waals surface area (Å²) >= 11 is 0. The van der Waals surface area contributed by atoms with E-state index in [4.69, 9.17) is 0 Å². The minimum atomic E-state index is -0.293. The molecule has 2 heterocycles. The van der Waals surface area contributed by atoms with E-state index in [-0.39, 0.29) is 11.2 Å². The van der Waals surface area contributed by atoms with Crippen LogP contribution in [0.5, 0.6) is 0 Å². The first-order valence-corrected chi connectivity index (χ1v) is 17.3. The molecule has 0 spiro atoms. The summed E-state index contributed by atoms with van der Waals surface area (Å²) in [4.78, 5) is 44.8. The topological polar surface area (TPSA) is 82.1 Å². The molecule has 8 heteroatoms. The van der Waals surface area contributed by atoms with Gasteiger partial charge >= 0.3 is 5.69 Å². The van der Waals surface area contributed by atoms with Gasteiger partial charge in [-0.1, -0.05) is 117 Å². The summed E-state index contributed by atoms with van der Waals surface area (Å²) in [7, 11) is 3.45. The second kappa shape index (κ2) is 21.3. The Balaban J connectivity index is 1.60. The van der Waals surface area contributed by atoms with Crippen molar-refractivity contribution in [1.82, 2.24) is 23.6 Å². The lowest BCUT2D eigenvalue weighted by Gasteiger charge is -2.23. The highest BCUT2D eigenvalue weighted by Gasteiger charge is 2.15. The Labute approximate surface area is 254 Å². The van der Waals surface area contributed by atoms with E-state index >= 15 is 0 Å². The Bertz CT molecular complexity index is 1120. The summed E-state index contributed by atoms with van der Waals surface area (Å²) in [5, 5.41) is 0. The molecular formula is C34H61N5O3. The number of rotatable bonds is 25. The Morgan fingerprint density at radius 3 is 1.71 bits per heavy atom. The van der Waals surface area contributed by atoms with Gasteiger partial charge in [0.15, 0.2) is 11.2 Å². The van der Waals surface area contributed by atoms with Crippen molar-refractivity contribution in [2.75, 3.05) is 13.1 Å². The van der Waals surface area contributed by atoms with Crippen LogP contribution in [0.3, 0.4) is 0 Å². The molecule has 0 fully saturated rings. The quantitative estimate of drug-likeness (QED) is 0.113. The average Bonchev–Trinajstić information content (AvgIpc) is 3.38. The first kappa shape index (κ1) is 35.8. The molecule has 0 aliphatic rings. The lowest BCUT2D eigenvalue weighted by atomic mass is 10.1. The van der Waals surface area contributed by atoms with Crippen LogP contribution >= 0.6 is 0 Å². The highest BCUT2D eigenvalue weighted by Crippen LogP contribution is 2.14. The number of amides is 1. The predicted molar refractivity (Wildman–Crippen MR) is 175 cm³/mol. The zero-order valence-corrected chi connectivity index (χ0v) is 27.5.